The number of ether oxygens (including phenoxy) is 1. The number of fused-ring (bicyclic) bond motifs is 2. The second-order valence-corrected chi connectivity index (χ2v) is 6.32. The number of imide groups is 1. The van der Waals surface area contributed by atoms with Gasteiger partial charge in [-0.15, -0.1) is 0 Å². The van der Waals surface area contributed by atoms with Crippen LogP contribution in [0.3, 0.4) is 0 Å². The molecule has 1 aliphatic carbocycles. The van der Waals surface area contributed by atoms with Crippen LogP contribution in [0.25, 0.3) is 0 Å². The maximum atomic E-state index is 12.1. The largest absolute Gasteiger partial charge is 0.443 e. The normalized spacial score (nSPS) is 36.5. The van der Waals surface area contributed by atoms with Gasteiger partial charge in [-0.25, -0.2) is 9.69 Å². The molecule has 0 spiro atoms. The minimum atomic E-state index is -0.548. The van der Waals surface area contributed by atoms with Gasteiger partial charge in [-0.1, -0.05) is 13.8 Å². The van der Waals surface area contributed by atoms with Gasteiger partial charge in [0.15, 0.2) is 0 Å². The summed E-state index contributed by atoms with van der Waals surface area (Å²) in [5, 5.41) is 0. The van der Waals surface area contributed by atoms with E-state index in [2.05, 4.69) is 13.8 Å². The summed E-state index contributed by atoms with van der Waals surface area (Å²) in [5.74, 6) is 0.730. The molecule has 0 aromatic rings. The second-order valence-electron chi connectivity index (χ2n) is 6.32. The number of amides is 2. The first-order chi connectivity index (χ1) is 7.72. The molecule has 4 nitrogen and oxygen atoms in total. The molecule has 2 bridgehead atoms. The van der Waals surface area contributed by atoms with Gasteiger partial charge >= 0.3 is 6.09 Å². The molecule has 2 fully saturated rings. The topological polar surface area (TPSA) is 46.6 Å². The molecule has 1 saturated heterocycles. The maximum Gasteiger partial charge on any atom is 0.417 e. The average Bonchev–Trinajstić information content (AvgIpc) is 2.62. The van der Waals surface area contributed by atoms with Crippen LogP contribution in [0.5, 0.6) is 0 Å². The molecule has 0 N–H and O–H groups in total. The van der Waals surface area contributed by atoms with Crippen LogP contribution in [0.1, 0.15) is 41.0 Å². The van der Waals surface area contributed by atoms with Crippen molar-refractivity contribution in [2.24, 2.45) is 17.8 Å². The Balaban J connectivity index is 2.14. The number of carbonyl (C=O) groups excluding carboxylic acids is 2. The lowest BCUT2D eigenvalue weighted by Gasteiger charge is -2.34. The number of likely N-dealkylation sites (tertiary alicyclic amines) is 1. The van der Waals surface area contributed by atoms with Crippen LogP contribution in [0.4, 0.5) is 4.79 Å². The Morgan fingerprint density at radius 2 is 1.88 bits per heavy atom. The highest BCUT2D eigenvalue weighted by Crippen LogP contribution is 2.47. The van der Waals surface area contributed by atoms with Crippen molar-refractivity contribution in [2.45, 2.75) is 52.7 Å². The van der Waals surface area contributed by atoms with Crippen molar-refractivity contribution < 1.29 is 14.3 Å². The van der Waals surface area contributed by atoms with E-state index in [0.29, 0.717) is 11.8 Å². The molecule has 0 aromatic heterocycles. The third kappa shape index (κ3) is 1.94. The third-order valence-corrected chi connectivity index (χ3v) is 4.04. The SMILES string of the molecule is C[C@@H]1C2CC([C@@H]1C)N(C(=O)OC(C)(C)C)C2=O. The summed E-state index contributed by atoms with van der Waals surface area (Å²) in [5.41, 5.74) is -0.548. The zero-order valence-electron chi connectivity index (χ0n) is 11.2. The minimum absolute atomic E-state index is 0.0162. The van der Waals surface area contributed by atoms with Crippen LogP contribution in [0.2, 0.25) is 0 Å². The van der Waals surface area contributed by atoms with E-state index in [9.17, 15) is 9.59 Å². The van der Waals surface area contributed by atoms with Crippen LogP contribution < -0.4 is 0 Å². The molecule has 1 aliphatic heterocycles. The number of piperidine rings is 1. The van der Waals surface area contributed by atoms with Gasteiger partial charge in [-0.2, -0.15) is 0 Å². The van der Waals surface area contributed by atoms with Crippen molar-refractivity contribution in [3.63, 3.8) is 0 Å². The molecule has 96 valence electrons. The van der Waals surface area contributed by atoms with Crippen LogP contribution in [0.15, 0.2) is 0 Å². The number of rotatable bonds is 0. The summed E-state index contributed by atoms with van der Waals surface area (Å²) in [4.78, 5) is 25.4. The fourth-order valence-corrected chi connectivity index (χ4v) is 2.95. The summed E-state index contributed by atoms with van der Waals surface area (Å²) in [6.45, 7) is 9.65. The molecule has 4 heteroatoms. The molecule has 2 amide bonds. The number of hydrogen-bond donors (Lipinski definition) is 0. The van der Waals surface area contributed by atoms with Crippen molar-refractivity contribution in [1.82, 2.24) is 4.90 Å². The van der Waals surface area contributed by atoms with Crippen LogP contribution in [-0.4, -0.2) is 28.5 Å². The lowest BCUT2D eigenvalue weighted by molar-refractivity contribution is -0.136. The predicted molar refractivity (Wildman–Crippen MR) is 63.3 cm³/mol. The Kier molecular flexibility index (Phi) is 2.71. The van der Waals surface area contributed by atoms with Crippen molar-refractivity contribution in [3.05, 3.63) is 0 Å². The first kappa shape index (κ1) is 12.4. The Labute approximate surface area is 102 Å². The second kappa shape index (κ2) is 3.72. The van der Waals surface area contributed by atoms with Gasteiger partial charge in [0, 0.05) is 12.0 Å². The molecular weight excluding hydrogens is 218 g/mol. The molecule has 2 rings (SSSR count). The molecule has 1 saturated carbocycles. The molecule has 2 unspecified atom stereocenters. The lowest BCUT2D eigenvalue weighted by Crippen LogP contribution is -2.49. The maximum absolute atomic E-state index is 12.1. The number of nitrogens with zero attached hydrogens (tertiary/aromatic N) is 1. The summed E-state index contributed by atoms with van der Waals surface area (Å²) in [6, 6.07) is 0.0392. The van der Waals surface area contributed by atoms with Crippen molar-refractivity contribution in [3.8, 4) is 0 Å². The first-order valence-corrected chi connectivity index (χ1v) is 6.28. The van der Waals surface area contributed by atoms with Gasteiger partial charge in [-0.05, 0) is 39.0 Å². The summed E-state index contributed by atoms with van der Waals surface area (Å²) in [6.07, 6.45) is 0.328. The summed E-state index contributed by atoms with van der Waals surface area (Å²) >= 11 is 0. The van der Waals surface area contributed by atoms with E-state index < -0.39 is 11.7 Å². The molecule has 4 atom stereocenters. The summed E-state index contributed by atoms with van der Waals surface area (Å²) < 4.78 is 5.29. The Morgan fingerprint density at radius 1 is 1.29 bits per heavy atom. The van der Waals surface area contributed by atoms with Crippen molar-refractivity contribution >= 4 is 12.0 Å². The zero-order valence-corrected chi connectivity index (χ0v) is 11.2. The van der Waals surface area contributed by atoms with E-state index in [4.69, 9.17) is 4.74 Å². The first-order valence-electron chi connectivity index (χ1n) is 6.28. The smallest absolute Gasteiger partial charge is 0.417 e. The van der Waals surface area contributed by atoms with Gasteiger partial charge in [0.2, 0.25) is 5.91 Å². The highest BCUT2D eigenvalue weighted by Gasteiger charge is 2.56. The van der Waals surface area contributed by atoms with E-state index in [0.717, 1.165) is 6.42 Å². The van der Waals surface area contributed by atoms with E-state index in [-0.39, 0.29) is 17.9 Å². The molecule has 1 heterocycles. The van der Waals surface area contributed by atoms with Crippen LogP contribution >= 0.6 is 0 Å². The van der Waals surface area contributed by atoms with Gasteiger partial charge in [0.25, 0.3) is 0 Å². The van der Waals surface area contributed by atoms with Crippen molar-refractivity contribution in [2.75, 3.05) is 0 Å². The van der Waals surface area contributed by atoms with E-state index in [1.54, 1.807) is 0 Å². The Bertz CT molecular complexity index is 358. The number of carbonyl (C=O) groups is 2. The minimum Gasteiger partial charge on any atom is -0.443 e. The molecule has 0 radical (unpaired) electrons. The van der Waals surface area contributed by atoms with Gasteiger partial charge < -0.3 is 4.74 Å². The molecular formula is C13H21NO3. The predicted octanol–water partition coefficient (Wildman–Crippen LogP) is 2.42. The van der Waals surface area contributed by atoms with Gasteiger partial charge in [0.1, 0.15) is 5.60 Å². The molecule has 0 aromatic carbocycles. The lowest BCUT2D eigenvalue weighted by atomic mass is 9.88. The molecule has 17 heavy (non-hydrogen) atoms. The van der Waals surface area contributed by atoms with Gasteiger partial charge in [0.05, 0.1) is 0 Å². The fraction of sp³-hybridized carbons (Fsp3) is 0.846. The number of hydrogen-bond acceptors (Lipinski definition) is 3. The zero-order chi connectivity index (χ0) is 13.0. The van der Waals surface area contributed by atoms with E-state index >= 15 is 0 Å². The molecule has 2 aliphatic rings. The Hall–Kier alpha value is -1.06. The highest BCUT2D eigenvalue weighted by molar-refractivity contribution is 5.96. The quantitative estimate of drug-likeness (QED) is 0.652. The third-order valence-electron chi connectivity index (χ3n) is 4.04. The van der Waals surface area contributed by atoms with E-state index in [1.807, 2.05) is 20.8 Å². The average molecular weight is 239 g/mol. The van der Waals surface area contributed by atoms with Gasteiger partial charge in [-0.3, -0.25) is 4.79 Å². The Morgan fingerprint density at radius 3 is 2.35 bits per heavy atom. The van der Waals surface area contributed by atoms with Crippen LogP contribution in [-0.2, 0) is 9.53 Å². The fourth-order valence-electron chi connectivity index (χ4n) is 2.95. The standard InChI is InChI=1S/C13H21NO3/c1-7-8(2)10-6-9(7)11(15)14(10)12(16)17-13(3,4)5/h7-10H,6H2,1-5H3/t7-,8+,9?,10?/m0/s1. The van der Waals surface area contributed by atoms with Crippen molar-refractivity contribution in [1.29, 1.82) is 0 Å². The highest BCUT2D eigenvalue weighted by atomic mass is 16.6. The van der Waals surface area contributed by atoms with E-state index in [1.165, 1.54) is 4.90 Å². The monoisotopic (exact) mass is 239 g/mol. The summed E-state index contributed by atoms with van der Waals surface area (Å²) in [7, 11) is 0. The van der Waals surface area contributed by atoms with Crippen LogP contribution in [0, 0.1) is 17.8 Å².